The van der Waals surface area contributed by atoms with Gasteiger partial charge in [0.1, 0.15) is 0 Å². The Bertz CT molecular complexity index is 285. The molecule has 0 aliphatic rings. The minimum absolute atomic E-state index is 0.171. The Morgan fingerprint density at radius 1 is 1.62 bits per heavy atom. The first-order valence-corrected chi connectivity index (χ1v) is 5.84. The number of nitrogens with one attached hydrogen (secondary N) is 1. The van der Waals surface area contributed by atoms with Crippen molar-refractivity contribution in [2.24, 2.45) is 0 Å². The van der Waals surface area contributed by atoms with Crippen molar-refractivity contribution in [1.29, 1.82) is 0 Å². The summed E-state index contributed by atoms with van der Waals surface area (Å²) >= 11 is 4.81. The Morgan fingerprint density at radius 2 is 2.38 bits per heavy atom. The molecule has 0 atom stereocenters. The largest absolute Gasteiger partial charge is 0.310 e. The molecule has 1 rings (SSSR count). The average molecular weight is 262 g/mol. The van der Waals surface area contributed by atoms with Crippen molar-refractivity contribution in [3.05, 3.63) is 20.8 Å². The quantitative estimate of drug-likeness (QED) is 0.653. The summed E-state index contributed by atoms with van der Waals surface area (Å²) in [6.07, 6.45) is 1.06. The number of ketones is 1. The van der Waals surface area contributed by atoms with E-state index in [4.69, 9.17) is 0 Å². The van der Waals surface area contributed by atoms with Gasteiger partial charge in [-0.25, -0.2) is 0 Å². The zero-order valence-electron chi connectivity index (χ0n) is 7.47. The van der Waals surface area contributed by atoms with E-state index in [2.05, 4.69) is 28.2 Å². The second kappa shape index (κ2) is 5.52. The van der Waals surface area contributed by atoms with Crippen LogP contribution in [0, 0.1) is 0 Å². The first-order chi connectivity index (χ1) is 6.24. The van der Waals surface area contributed by atoms with E-state index in [1.54, 1.807) is 0 Å². The van der Waals surface area contributed by atoms with Crippen LogP contribution in [0.25, 0.3) is 0 Å². The van der Waals surface area contributed by atoms with Gasteiger partial charge in [-0.15, -0.1) is 11.3 Å². The smallest absolute Gasteiger partial charge is 0.186 e. The molecule has 72 valence electrons. The molecule has 0 saturated heterocycles. The number of carbonyl (C=O) groups is 1. The number of hydrogen-bond acceptors (Lipinski definition) is 3. The number of halogens is 1. The molecular formula is C9H12BrNOS. The number of thiophene rings is 1. The van der Waals surface area contributed by atoms with Crippen molar-refractivity contribution in [1.82, 2.24) is 5.32 Å². The molecule has 0 amide bonds. The van der Waals surface area contributed by atoms with Gasteiger partial charge in [-0.2, -0.15) is 0 Å². The summed E-state index contributed by atoms with van der Waals surface area (Å²) in [7, 11) is 0. The maximum Gasteiger partial charge on any atom is 0.186 e. The van der Waals surface area contributed by atoms with E-state index in [1.807, 2.05) is 12.1 Å². The molecule has 0 unspecified atom stereocenters. The third-order valence-electron chi connectivity index (χ3n) is 1.56. The van der Waals surface area contributed by atoms with Crippen LogP contribution in [0.1, 0.15) is 23.0 Å². The highest BCUT2D eigenvalue weighted by atomic mass is 79.9. The number of Topliss-reactive ketones (excluding diaryl/α,β-unsaturated/α-hetero) is 1. The Hall–Kier alpha value is -0.190. The van der Waals surface area contributed by atoms with Gasteiger partial charge in [0.05, 0.1) is 15.2 Å². The van der Waals surface area contributed by atoms with Crippen molar-refractivity contribution >= 4 is 33.0 Å². The van der Waals surface area contributed by atoms with Gasteiger partial charge in [0.2, 0.25) is 0 Å². The molecule has 0 aliphatic heterocycles. The Kier molecular flexibility index (Phi) is 4.62. The summed E-state index contributed by atoms with van der Waals surface area (Å²) < 4.78 is 1.01. The van der Waals surface area contributed by atoms with Crippen LogP contribution in [0.3, 0.4) is 0 Å². The van der Waals surface area contributed by atoms with Crippen molar-refractivity contribution in [2.75, 3.05) is 13.1 Å². The molecule has 1 aromatic rings. The monoisotopic (exact) mass is 261 g/mol. The maximum atomic E-state index is 11.5. The molecule has 0 aromatic carbocycles. The normalized spacial score (nSPS) is 10.3. The van der Waals surface area contributed by atoms with Gasteiger partial charge in [0, 0.05) is 0 Å². The molecule has 1 aromatic heterocycles. The lowest BCUT2D eigenvalue weighted by atomic mass is 10.3. The number of rotatable bonds is 5. The van der Waals surface area contributed by atoms with Crippen molar-refractivity contribution < 1.29 is 4.79 Å². The predicted molar refractivity (Wildman–Crippen MR) is 59.5 cm³/mol. The second-order valence-electron chi connectivity index (χ2n) is 2.70. The fourth-order valence-corrected chi connectivity index (χ4v) is 2.25. The third kappa shape index (κ3) is 3.58. The van der Waals surface area contributed by atoms with Gasteiger partial charge >= 0.3 is 0 Å². The van der Waals surface area contributed by atoms with E-state index in [1.165, 1.54) is 11.3 Å². The highest BCUT2D eigenvalue weighted by Gasteiger charge is 2.06. The van der Waals surface area contributed by atoms with Crippen LogP contribution in [-0.2, 0) is 0 Å². The minimum Gasteiger partial charge on any atom is -0.310 e. The minimum atomic E-state index is 0.171. The Morgan fingerprint density at radius 3 is 2.92 bits per heavy atom. The fraction of sp³-hybridized carbons (Fsp3) is 0.444. The van der Waals surface area contributed by atoms with E-state index in [9.17, 15) is 4.79 Å². The summed E-state index contributed by atoms with van der Waals surface area (Å²) in [4.78, 5) is 12.3. The van der Waals surface area contributed by atoms with Crippen LogP contribution in [0.2, 0.25) is 0 Å². The topological polar surface area (TPSA) is 29.1 Å². The lowest BCUT2D eigenvalue weighted by Crippen LogP contribution is -2.22. The Balaban J connectivity index is 2.40. The molecule has 1 N–H and O–H groups in total. The molecule has 0 fully saturated rings. The fourth-order valence-electron chi connectivity index (χ4n) is 0.930. The second-order valence-corrected chi connectivity index (χ2v) is 5.17. The lowest BCUT2D eigenvalue weighted by Gasteiger charge is -1.99. The zero-order chi connectivity index (χ0) is 9.68. The zero-order valence-corrected chi connectivity index (χ0v) is 9.87. The average Bonchev–Trinajstić information content (AvgIpc) is 2.52. The highest BCUT2D eigenvalue weighted by Crippen LogP contribution is 2.22. The van der Waals surface area contributed by atoms with Gasteiger partial charge in [0.15, 0.2) is 5.78 Å². The molecule has 0 spiro atoms. The molecule has 0 saturated carbocycles. The van der Waals surface area contributed by atoms with E-state index < -0.39 is 0 Å². The first kappa shape index (κ1) is 10.9. The van der Waals surface area contributed by atoms with E-state index in [-0.39, 0.29) is 5.78 Å². The van der Waals surface area contributed by atoms with Gasteiger partial charge in [-0.05, 0) is 41.0 Å². The van der Waals surface area contributed by atoms with E-state index >= 15 is 0 Å². The van der Waals surface area contributed by atoms with Crippen molar-refractivity contribution in [3.8, 4) is 0 Å². The summed E-state index contributed by atoms with van der Waals surface area (Å²) in [5, 5.41) is 3.08. The van der Waals surface area contributed by atoms with Crippen molar-refractivity contribution in [2.45, 2.75) is 13.3 Å². The molecule has 1 heterocycles. The summed E-state index contributed by atoms with van der Waals surface area (Å²) in [6.45, 7) is 3.43. The van der Waals surface area contributed by atoms with Crippen LogP contribution in [-0.4, -0.2) is 18.9 Å². The number of hydrogen-bond donors (Lipinski definition) is 1. The van der Waals surface area contributed by atoms with Crippen LogP contribution in [0.4, 0.5) is 0 Å². The molecule has 4 heteroatoms. The predicted octanol–water partition coefficient (Wildman–Crippen LogP) is 2.69. The molecule has 0 radical (unpaired) electrons. The van der Waals surface area contributed by atoms with Gasteiger partial charge in [0.25, 0.3) is 0 Å². The Labute approximate surface area is 90.5 Å². The van der Waals surface area contributed by atoms with Gasteiger partial charge in [-0.1, -0.05) is 6.92 Å². The summed E-state index contributed by atoms with van der Waals surface area (Å²) in [6, 6.07) is 3.75. The molecular weight excluding hydrogens is 250 g/mol. The molecule has 0 aliphatic carbocycles. The molecule has 0 bridgehead atoms. The maximum absolute atomic E-state index is 11.5. The molecule has 2 nitrogen and oxygen atoms in total. The highest BCUT2D eigenvalue weighted by molar-refractivity contribution is 9.11. The van der Waals surface area contributed by atoms with Gasteiger partial charge in [-0.3, -0.25) is 4.79 Å². The lowest BCUT2D eigenvalue weighted by molar-refractivity contribution is 0.0995. The first-order valence-electron chi connectivity index (χ1n) is 4.23. The SMILES string of the molecule is CCCNCC(=O)c1ccc(Br)s1. The van der Waals surface area contributed by atoms with Crippen LogP contribution in [0.15, 0.2) is 15.9 Å². The molecule has 13 heavy (non-hydrogen) atoms. The van der Waals surface area contributed by atoms with Crippen LogP contribution < -0.4 is 5.32 Å². The standard InChI is InChI=1S/C9H12BrNOS/c1-2-5-11-6-7(12)8-3-4-9(10)13-8/h3-4,11H,2,5-6H2,1H3. The number of carbonyl (C=O) groups excluding carboxylic acids is 1. The summed E-state index contributed by atoms with van der Waals surface area (Å²) in [5.74, 6) is 0.171. The van der Waals surface area contributed by atoms with Crippen molar-refractivity contribution in [3.63, 3.8) is 0 Å². The van der Waals surface area contributed by atoms with Crippen LogP contribution >= 0.6 is 27.3 Å². The third-order valence-corrected chi connectivity index (χ3v) is 3.23. The van der Waals surface area contributed by atoms with E-state index in [0.29, 0.717) is 6.54 Å². The van der Waals surface area contributed by atoms with Gasteiger partial charge < -0.3 is 5.32 Å². The summed E-state index contributed by atoms with van der Waals surface area (Å²) in [5.41, 5.74) is 0. The van der Waals surface area contributed by atoms with E-state index in [0.717, 1.165) is 21.6 Å². The van der Waals surface area contributed by atoms with Crippen LogP contribution in [0.5, 0.6) is 0 Å².